The summed E-state index contributed by atoms with van der Waals surface area (Å²) in [5, 5.41) is 4.07. The van der Waals surface area contributed by atoms with Crippen molar-refractivity contribution in [3.63, 3.8) is 0 Å². The van der Waals surface area contributed by atoms with Gasteiger partial charge >= 0.3 is 0 Å². The van der Waals surface area contributed by atoms with Crippen molar-refractivity contribution in [2.24, 2.45) is 0 Å². The lowest BCUT2D eigenvalue weighted by molar-refractivity contribution is 0.0556. The molecule has 0 saturated heterocycles. The molecule has 0 fully saturated rings. The molecule has 0 N–H and O–H groups in total. The van der Waals surface area contributed by atoms with Gasteiger partial charge in [-0.3, -0.25) is 9.78 Å². The molecule has 0 radical (unpaired) electrons. The Hall–Kier alpha value is -2.21. The predicted octanol–water partition coefficient (Wildman–Crippen LogP) is 2.41. The Bertz CT molecular complexity index is 669. The molecule has 1 atom stereocenters. The molecule has 2 aromatic rings. The third kappa shape index (κ3) is 3.12. The SMILES string of the molecule is COC[C@@H](c1ccccn1)N(C)C(=O)c1onc2c1CCCC2. The molecule has 3 rings (SSSR count). The van der Waals surface area contributed by atoms with Crippen LogP contribution in [0.25, 0.3) is 0 Å². The average Bonchev–Trinajstić information content (AvgIpc) is 3.03. The molecule has 0 unspecified atom stereocenters. The van der Waals surface area contributed by atoms with Crippen LogP contribution in [0.4, 0.5) is 0 Å². The van der Waals surface area contributed by atoms with Crippen molar-refractivity contribution in [1.82, 2.24) is 15.0 Å². The van der Waals surface area contributed by atoms with E-state index in [1.165, 1.54) is 0 Å². The predicted molar refractivity (Wildman–Crippen MR) is 84.1 cm³/mol. The second-order valence-corrected chi connectivity index (χ2v) is 5.79. The summed E-state index contributed by atoms with van der Waals surface area (Å²) in [7, 11) is 3.36. The second-order valence-electron chi connectivity index (χ2n) is 5.79. The van der Waals surface area contributed by atoms with E-state index < -0.39 is 0 Å². The number of hydrogen-bond acceptors (Lipinski definition) is 5. The van der Waals surface area contributed by atoms with Crippen molar-refractivity contribution in [3.05, 3.63) is 47.1 Å². The highest BCUT2D eigenvalue weighted by atomic mass is 16.5. The van der Waals surface area contributed by atoms with E-state index in [0.717, 1.165) is 42.6 Å². The Morgan fingerprint density at radius 1 is 1.39 bits per heavy atom. The van der Waals surface area contributed by atoms with E-state index in [4.69, 9.17) is 9.26 Å². The maximum Gasteiger partial charge on any atom is 0.293 e. The van der Waals surface area contributed by atoms with Crippen molar-refractivity contribution < 1.29 is 14.1 Å². The minimum Gasteiger partial charge on any atom is -0.382 e. The number of aryl methyl sites for hydroxylation is 1. The van der Waals surface area contributed by atoms with E-state index in [9.17, 15) is 4.79 Å². The molecule has 0 aliphatic heterocycles. The van der Waals surface area contributed by atoms with Crippen LogP contribution in [0.2, 0.25) is 0 Å². The number of hydrogen-bond donors (Lipinski definition) is 0. The first-order valence-corrected chi connectivity index (χ1v) is 7.86. The molecule has 0 aromatic carbocycles. The van der Waals surface area contributed by atoms with Crippen LogP contribution in [0.1, 0.15) is 46.4 Å². The molecule has 0 spiro atoms. The van der Waals surface area contributed by atoms with E-state index in [-0.39, 0.29) is 11.9 Å². The maximum atomic E-state index is 12.9. The van der Waals surface area contributed by atoms with Crippen LogP contribution in [0, 0.1) is 0 Å². The van der Waals surface area contributed by atoms with Crippen molar-refractivity contribution in [2.45, 2.75) is 31.7 Å². The van der Waals surface area contributed by atoms with Gasteiger partial charge in [0.25, 0.3) is 5.91 Å². The van der Waals surface area contributed by atoms with Gasteiger partial charge in [-0.05, 0) is 37.8 Å². The van der Waals surface area contributed by atoms with Gasteiger partial charge in [0.15, 0.2) is 0 Å². The molecule has 0 bridgehead atoms. The highest BCUT2D eigenvalue weighted by Crippen LogP contribution is 2.27. The maximum absolute atomic E-state index is 12.9. The highest BCUT2D eigenvalue weighted by molar-refractivity contribution is 5.93. The van der Waals surface area contributed by atoms with Crippen molar-refractivity contribution in [3.8, 4) is 0 Å². The molecule has 1 amide bonds. The summed E-state index contributed by atoms with van der Waals surface area (Å²) in [6.07, 6.45) is 5.62. The van der Waals surface area contributed by atoms with Crippen molar-refractivity contribution >= 4 is 5.91 Å². The first-order valence-electron chi connectivity index (χ1n) is 7.86. The van der Waals surface area contributed by atoms with Crippen LogP contribution < -0.4 is 0 Å². The molecule has 0 saturated carbocycles. The van der Waals surface area contributed by atoms with Gasteiger partial charge in [-0.2, -0.15) is 0 Å². The number of pyridine rings is 1. The number of aromatic nitrogens is 2. The van der Waals surface area contributed by atoms with Gasteiger partial charge < -0.3 is 14.2 Å². The second kappa shape index (κ2) is 6.91. The van der Waals surface area contributed by atoms with Gasteiger partial charge in [-0.25, -0.2) is 0 Å². The minimum atomic E-state index is -0.266. The van der Waals surface area contributed by atoms with Crippen LogP contribution in [-0.4, -0.2) is 41.7 Å². The zero-order chi connectivity index (χ0) is 16.2. The third-order valence-corrected chi connectivity index (χ3v) is 4.30. The minimum absolute atomic E-state index is 0.173. The Morgan fingerprint density at radius 2 is 2.22 bits per heavy atom. The van der Waals surface area contributed by atoms with Crippen LogP contribution >= 0.6 is 0 Å². The lowest BCUT2D eigenvalue weighted by Gasteiger charge is -2.26. The van der Waals surface area contributed by atoms with Gasteiger partial charge in [0.1, 0.15) is 0 Å². The number of carbonyl (C=O) groups excluding carboxylic acids is 1. The molecule has 23 heavy (non-hydrogen) atoms. The number of rotatable bonds is 5. The molecule has 1 aliphatic rings. The van der Waals surface area contributed by atoms with E-state index in [1.54, 1.807) is 25.3 Å². The number of methoxy groups -OCH3 is 1. The lowest BCUT2D eigenvalue weighted by atomic mass is 9.95. The molecule has 6 nitrogen and oxygen atoms in total. The quantitative estimate of drug-likeness (QED) is 0.847. The van der Waals surface area contributed by atoms with Gasteiger partial charge in [-0.15, -0.1) is 0 Å². The Morgan fingerprint density at radius 3 is 2.96 bits per heavy atom. The zero-order valence-corrected chi connectivity index (χ0v) is 13.5. The summed E-state index contributed by atoms with van der Waals surface area (Å²) in [6, 6.07) is 5.38. The van der Waals surface area contributed by atoms with Gasteiger partial charge in [0.2, 0.25) is 5.76 Å². The highest BCUT2D eigenvalue weighted by Gasteiger charge is 2.30. The van der Waals surface area contributed by atoms with Gasteiger partial charge in [-0.1, -0.05) is 11.2 Å². The number of amides is 1. The average molecular weight is 315 g/mol. The fraction of sp³-hybridized carbons (Fsp3) is 0.471. The normalized spacial score (nSPS) is 15.0. The Labute approximate surface area is 135 Å². The Kier molecular flexibility index (Phi) is 4.71. The molecular weight excluding hydrogens is 294 g/mol. The molecule has 2 heterocycles. The molecular formula is C17H21N3O3. The fourth-order valence-corrected chi connectivity index (χ4v) is 2.99. The van der Waals surface area contributed by atoms with Crippen LogP contribution in [-0.2, 0) is 17.6 Å². The molecule has 6 heteroatoms. The summed E-state index contributed by atoms with van der Waals surface area (Å²) >= 11 is 0. The van der Waals surface area contributed by atoms with E-state index >= 15 is 0 Å². The Balaban J connectivity index is 1.86. The standard InChI is InChI=1S/C17H21N3O3/c1-20(15(11-22-2)14-9-5-6-10-18-14)17(21)16-12-7-3-4-8-13(12)19-23-16/h5-6,9-10,15H,3-4,7-8,11H2,1-2H3/t15-/m0/s1. The first-order chi connectivity index (χ1) is 11.2. The van der Waals surface area contributed by atoms with Gasteiger partial charge in [0, 0.05) is 25.9 Å². The fourth-order valence-electron chi connectivity index (χ4n) is 2.99. The van der Waals surface area contributed by atoms with E-state index in [2.05, 4.69) is 10.1 Å². The molecule has 2 aromatic heterocycles. The van der Waals surface area contributed by atoms with Crippen LogP contribution in [0.15, 0.2) is 28.9 Å². The zero-order valence-electron chi connectivity index (χ0n) is 13.5. The summed E-state index contributed by atoms with van der Waals surface area (Å²) < 4.78 is 10.6. The summed E-state index contributed by atoms with van der Waals surface area (Å²) in [4.78, 5) is 18.9. The van der Waals surface area contributed by atoms with Crippen molar-refractivity contribution in [2.75, 3.05) is 20.8 Å². The summed E-state index contributed by atoms with van der Waals surface area (Å²) in [6.45, 7) is 0.371. The number of fused-ring (bicyclic) bond motifs is 1. The van der Waals surface area contributed by atoms with E-state index in [1.807, 2.05) is 18.2 Å². The lowest BCUT2D eigenvalue weighted by Crippen LogP contribution is -2.34. The van der Waals surface area contributed by atoms with Crippen molar-refractivity contribution in [1.29, 1.82) is 0 Å². The summed E-state index contributed by atoms with van der Waals surface area (Å²) in [5.41, 5.74) is 2.68. The first kappa shape index (κ1) is 15.7. The van der Waals surface area contributed by atoms with Crippen LogP contribution in [0.3, 0.4) is 0 Å². The number of carbonyl (C=O) groups is 1. The third-order valence-electron chi connectivity index (χ3n) is 4.30. The van der Waals surface area contributed by atoms with E-state index in [0.29, 0.717) is 12.4 Å². The number of likely N-dealkylation sites (N-methyl/N-ethyl adjacent to an activating group) is 1. The van der Waals surface area contributed by atoms with Gasteiger partial charge in [0.05, 0.1) is 24.0 Å². The monoisotopic (exact) mass is 315 g/mol. The number of ether oxygens (including phenoxy) is 1. The topological polar surface area (TPSA) is 68.5 Å². The smallest absolute Gasteiger partial charge is 0.293 e. The largest absolute Gasteiger partial charge is 0.382 e. The molecule has 1 aliphatic carbocycles. The summed E-state index contributed by atoms with van der Waals surface area (Å²) in [5.74, 6) is 0.188. The van der Waals surface area contributed by atoms with Crippen LogP contribution in [0.5, 0.6) is 0 Å². The number of nitrogens with zero attached hydrogens (tertiary/aromatic N) is 3. The molecule has 122 valence electrons.